The normalized spacial score (nSPS) is 13.0. The lowest BCUT2D eigenvalue weighted by molar-refractivity contribution is 0.129. The van der Waals surface area contributed by atoms with Crippen LogP contribution in [0.25, 0.3) is 11.2 Å². The molecule has 0 aliphatic heterocycles. The van der Waals surface area contributed by atoms with Crippen molar-refractivity contribution in [2.75, 3.05) is 13.2 Å². The van der Waals surface area contributed by atoms with Crippen molar-refractivity contribution < 1.29 is 4.74 Å². The van der Waals surface area contributed by atoms with E-state index in [1.165, 1.54) is 0 Å². The fourth-order valence-corrected chi connectivity index (χ4v) is 2.42. The molecule has 1 atom stereocenters. The van der Waals surface area contributed by atoms with E-state index >= 15 is 0 Å². The molecule has 0 spiro atoms. The van der Waals surface area contributed by atoms with Crippen LogP contribution < -0.4 is 0 Å². The van der Waals surface area contributed by atoms with Gasteiger partial charge in [-0.1, -0.05) is 18.5 Å². The monoisotopic (exact) mass is 315 g/mol. The van der Waals surface area contributed by atoms with Crippen molar-refractivity contribution in [1.29, 1.82) is 0 Å². The number of aromatic nitrogens is 3. The second-order valence-electron chi connectivity index (χ2n) is 4.70. The summed E-state index contributed by atoms with van der Waals surface area (Å²) in [7, 11) is 0. The number of ether oxygens (including phenoxy) is 1. The van der Waals surface area contributed by atoms with E-state index in [-0.39, 0.29) is 5.38 Å². The van der Waals surface area contributed by atoms with Crippen molar-refractivity contribution >= 4 is 34.4 Å². The Morgan fingerprint density at radius 1 is 1.40 bits per heavy atom. The number of hydrogen-bond donors (Lipinski definition) is 0. The highest BCUT2D eigenvalue weighted by molar-refractivity contribution is 6.31. The Bertz CT molecular complexity index is 569. The zero-order valence-electron chi connectivity index (χ0n) is 11.8. The molecule has 6 heteroatoms. The van der Waals surface area contributed by atoms with Crippen molar-refractivity contribution in [3.05, 3.63) is 23.1 Å². The molecule has 20 heavy (non-hydrogen) atoms. The van der Waals surface area contributed by atoms with Crippen LogP contribution in [-0.2, 0) is 11.3 Å². The van der Waals surface area contributed by atoms with Gasteiger partial charge in [-0.3, -0.25) is 0 Å². The average Bonchev–Trinajstić information content (AvgIpc) is 2.76. The number of rotatable bonds is 7. The van der Waals surface area contributed by atoms with E-state index in [4.69, 9.17) is 27.9 Å². The summed E-state index contributed by atoms with van der Waals surface area (Å²) < 4.78 is 7.56. The molecule has 0 N–H and O–H groups in total. The number of nitrogens with zero attached hydrogens (tertiary/aromatic N) is 3. The van der Waals surface area contributed by atoms with Gasteiger partial charge in [-0.25, -0.2) is 9.97 Å². The van der Waals surface area contributed by atoms with Crippen LogP contribution in [0.4, 0.5) is 0 Å². The van der Waals surface area contributed by atoms with Crippen molar-refractivity contribution in [2.45, 2.75) is 38.6 Å². The third kappa shape index (κ3) is 3.62. The highest BCUT2D eigenvalue weighted by Crippen LogP contribution is 2.25. The van der Waals surface area contributed by atoms with Gasteiger partial charge in [-0.15, -0.1) is 11.6 Å². The molecule has 0 saturated carbocycles. The maximum absolute atomic E-state index is 6.21. The van der Waals surface area contributed by atoms with Gasteiger partial charge in [-0.05, 0) is 25.8 Å². The van der Waals surface area contributed by atoms with Crippen LogP contribution in [0.5, 0.6) is 0 Å². The van der Waals surface area contributed by atoms with Crippen LogP contribution in [0.15, 0.2) is 12.3 Å². The van der Waals surface area contributed by atoms with E-state index in [0.717, 1.165) is 49.6 Å². The van der Waals surface area contributed by atoms with Crippen LogP contribution >= 0.6 is 23.2 Å². The molecule has 4 nitrogen and oxygen atoms in total. The molecule has 0 radical (unpaired) electrons. The smallest absolute Gasteiger partial charge is 0.160 e. The lowest BCUT2D eigenvalue weighted by atomic mass is 10.4. The first-order chi connectivity index (χ1) is 9.63. The molecule has 2 rings (SSSR count). The summed E-state index contributed by atoms with van der Waals surface area (Å²) in [6.45, 7) is 6.34. The second kappa shape index (κ2) is 7.25. The van der Waals surface area contributed by atoms with Gasteiger partial charge < -0.3 is 9.30 Å². The highest BCUT2D eigenvalue weighted by atomic mass is 35.5. The topological polar surface area (TPSA) is 39.9 Å². The molecule has 0 aliphatic carbocycles. The molecule has 2 aromatic rings. The van der Waals surface area contributed by atoms with E-state index in [9.17, 15) is 0 Å². The van der Waals surface area contributed by atoms with Crippen molar-refractivity contribution in [3.63, 3.8) is 0 Å². The predicted octanol–water partition coefficient (Wildman–Crippen LogP) is 4.20. The van der Waals surface area contributed by atoms with Crippen molar-refractivity contribution in [1.82, 2.24) is 14.5 Å². The van der Waals surface area contributed by atoms with Gasteiger partial charge >= 0.3 is 0 Å². The maximum atomic E-state index is 6.21. The molecule has 0 bridgehead atoms. The zero-order valence-corrected chi connectivity index (χ0v) is 13.3. The Balaban J connectivity index is 2.18. The number of hydrogen-bond acceptors (Lipinski definition) is 3. The molecular formula is C14H19Cl2N3O. The number of halogens is 2. The predicted molar refractivity (Wildman–Crippen MR) is 82.5 cm³/mol. The van der Waals surface area contributed by atoms with Gasteiger partial charge in [0.2, 0.25) is 0 Å². The molecule has 0 saturated heterocycles. The molecule has 0 amide bonds. The Labute approximate surface area is 129 Å². The third-order valence-corrected chi connectivity index (χ3v) is 3.36. The van der Waals surface area contributed by atoms with Crippen LogP contribution in [0.1, 0.15) is 37.9 Å². The van der Waals surface area contributed by atoms with Gasteiger partial charge in [0.25, 0.3) is 0 Å². The Hall–Kier alpha value is -0.840. The largest absolute Gasteiger partial charge is 0.381 e. The summed E-state index contributed by atoms with van der Waals surface area (Å²) in [6.07, 6.45) is 3.59. The van der Waals surface area contributed by atoms with Crippen LogP contribution in [0.3, 0.4) is 0 Å². The minimum absolute atomic E-state index is 0.167. The van der Waals surface area contributed by atoms with Crippen molar-refractivity contribution in [2.24, 2.45) is 0 Å². The van der Waals surface area contributed by atoms with E-state index in [0.29, 0.717) is 5.02 Å². The Morgan fingerprint density at radius 3 is 2.90 bits per heavy atom. The van der Waals surface area contributed by atoms with Gasteiger partial charge in [0.15, 0.2) is 5.65 Å². The van der Waals surface area contributed by atoms with E-state index in [2.05, 4.69) is 21.5 Å². The SMILES string of the molecule is CCCOCCCn1c(C(C)Cl)nc2cc(Cl)cnc21. The summed E-state index contributed by atoms with van der Waals surface area (Å²) in [5.74, 6) is 0.826. The van der Waals surface area contributed by atoms with E-state index < -0.39 is 0 Å². The minimum Gasteiger partial charge on any atom is -0.381 e. The van der Waals surface area contributed by atoms with Crippen LogP contribution in [0, 0.1) is 0 Å². The Morgan fingerprint density at radius 2 is 2.20 bits per heavy atom. The summed E-state index contributed by atoms with van der Waals surface area (Å²) in [4.78, 5) is 8.90. The van der Waals surface area contributed by atoms with E-state index in [1.807, 2.05) is 13.0 Å². The Kier molecular flexibility index (Phi) is 5.64. The fourth-order valence-electron chi connectivity index (χ4n) is 2.10. The molecular weight excluding hydrogens is 297 g/mol. The van der Waals surface area contributed by atoms with Crippen molar-refractivity contribution in [3.8, 4) is 0 Å². The zero-order chi connectivity index (χ0) is 14.5. The van der Waals surface area contributed by atoms with Gasteiger partial charge in [0.05, 0.1) is 10.4 Å². The number of imidazole rings is 1. The molecule has 2 heterocycles. The first-order valence-corrected chi connectivity index (χ1v) is 7.68. The second-order valence-corrected chi connectivity index (χ2v) is 5.79. The summed E-state index contributed by atoms with van der Waals surface area (Å²) in [5, 5.41) is 0.418. The number of pyridine rings is 1. The van der Waals surface area contributed by atoms with E-state index in [1.54, 1.807) is 6.20 Å². The molecule has 110 valence electrons. The summed E-state index contributed by atoms with van der Waals surface area (Å²) in [5.41, 5.74) is 1.61. The minimum atomic E-state index is -0.167. The number of fused-ring (bicyclic) bond motifs is 1. The highest BCUT2D eigenvalue weighted by Gasteiger charge is 2.15. The average molecular weight is 316 g/mol. The molecule has 0 aromatic carbocycles. The lowest BCUT2D eigenvalue weighted by Gasteiger charge is -2.10. The maximum Gasteiger partial charge on any atom is 0.160 e. The van der Waals surface area contributed by atoms with Gasteiger partial charge in [-0.2, -0.15) is 0 Å². The van der Waals surface area contributed by atoms with Crippen LogP contribution in [0.2, 0.25) is 5.02 Å². The van der Waals surface area contributed by atoms with Crippen LogP contribution in [-0.4, -0.2) is 27.7 Å². The molecule has 1 unspecified atom stereocenters. The molecule has 2 aromatic heterocycles. The van der Waals surface area contributed by atoms with Gasteiger partial charge in [0.1, 0.15) is 11.3 Å². The number of alkyl halides is 1. The van der Waals surface area contributed by atoms with Gasteiger partial charge in [0, 0.05) is 26.0 Å². The fraction of sp³-hybridized carbons (Fsp3) is 0.571. The third-order valence-electron chi connectivity index (χ3n) is 2.96. The number of aryl methyl sites for hydroxylation is 1. The molecule has 0 aliphatic rings. The quantitative estimate of drug-likeness (QED) is 0.568. The first kappa shape index (κ1) is 15.5. The lowest BCUT2D eigenvalue weighted by Crippen LogP contribution is -2.08. The first-order valence-electron chi connectivity index (χ1n) is 6.87. The standard InChI is InChI=1S/C14H19Cl2N3O/c1-3-6-20-7-4-5-19-13(10(2)15)18-12-8-11(16)9-17-14(12)19/h8-10H,3-7H2,1-2H3. The summed E-state index contributed by atoms with van der Waals surface area (Å²) >= 11 is 12.2. The summed E-state index contributed by atoms with van der Waals surface area (Å²) in [6, 6.07) is 1.82. The molecule has 0 fully saturated rings.